The fraction of sp³-hybridized carbons (Fsp3) is 0.400. The van der Waals surface area contributed by atoms with E-state index in [0.717, 1.165) is 0 Å². The number of hydrogen-bond donors (Lipinski definition) is 2. The molecule has 0 aromatic heterocycles. The van der Waals surface area contributed by atoms with Crippen LogP contribution >= 0.6 is 0 Å². The summed E-state index contributed by atoms with van der Waals surface area (Å²) in [6.07, 6.45) is -2.60. The lowest BCUT2D eigenvalue weighted by Gasteiger charge is -2.28. The van der Waals surface area contributed by atoms with E-state index in [-0.39, 0.29) is 17.9 Å². The monoisotopic (exact) mass is 201 g/mol. The largest absolute Gasteiger partial charge is 0.508 e. The standard InChI is InChI=1S/C10H13F2NO/c1-10(6-13,9(11)12)7-4-2-3-5-8(7)14/h2-5,9,14H,6,13H2,1H3. The Kier molecular flexibility index (Phi) is 3.06. The van der Waals surface area contributed by atoms with Gasteiger partial charge in [0, 0.05) is 12.1 Å². The smallest absolute Gasteiger partial charge is 0.249 e. The molecule has 0 aliphatic carbocycles. The first-order valence-corrected chi connectivity index (χ1v) is 4.29. The Bertz CT molecular complexity index is 317. The van der Waals surface area contributed by atoms with E-state index in [4.69, 9.17) is 5.73 Å². The van der Waals surface area contributed by atoms with E-state index in [1.807, 2.05) is 0 Å². The molecule has 0 fully saturated rings. The van der Waals surface area contributed by atoms with Gasteiger partial charge < -0.3 is 10.8 Å². The second kappa shape index (κ2) is 3.92. The average molecular weight is 201 g/mol. The molecule has 1 aromatic rings. The van der Waals surface area contributed by atoms with Gasteiger partial charge >= 0.3 is 0 Å². The van der Waals surface area contributed by atoms with Gasteiger partial charge in [0.05, 0.1) is 5.41 Å². The van der Waals surface area contributed by atoms with Crippen LogP contribution in [0.5, 0.6) is 5.75 Å². The van der Waals surface area contributed by atoms with E-state index in [0.29, 0.717) is 0 Å². The molecule has 0 bridgehead atoms. The first kappa shape index (κ1) is 10.9. The van der Waals surface area contributed by atoms with Gasteiger partial charge in [0.1, 0.15) is 5.75 Å². The molecule has 1 atom stereocenters. The van der Waals surface area contributed by atoms with Crippen LogP contribution in [0, 0.1) is 0 Å². The first-order valence-electron chi connectivity index (χ1n) is 4.29. The van der Waals surface area contributed by atoms with Gasteiger partial charge in [0.2, 0.25) is 6.43 Å². The summed E-state index contributed by atoms with van der Waals surface area (Å²) in [5.74, 6) is -0.138. The van der Waals surface area contributed by atoms with Crippen molar-refractivity contribution in [3.05, 3.63) is 29.8 Å². The number of phenols is 1. The number of benzene rings is 1. The molecule has 1 rings (SSSR count). The van der Waals surface area contributed by atoms with Gasteiger partial charge in [0.15, 0.2) is 0 Å². The Morgan fingerprint density at radius 1 is 1.43 bits per heavy atom. The van der Waals surface area contributed by atoms with Crippen LogP contribution in [-0.4, -0.2) is 18.1 Å². The summed E-state index contributed by atoms with van der Waals surface area (Å²) in [5.41, 5.74) is 4.03. The second-order valence-electron chi connectivity index (χ2n) is 3.44. The van der Waals surface area contributed by atoms with Crippen molar-refractivity contribution in [1.29, 1.82) is 0 Å². The summed E-state index contributed by atoms with van der Waals surface area (Å²) in [6, 6.07) is 6.03. The van der Waals surface area contributed by atoms with E-state index < -0.39 is 11.8 Å². The highest BCUT2D eigenvalue weighted by molar-refractivity contribution is 5.38. The zero-order valence-electron chi connectivity index (χ0n) is 7.87. The highest BCUT2D eigenvalue weighted by Crippen LogP contribution is 2.35. The van der Waals surface area contributed by atoms with Crippen LogP contribution in [0.15, 0.2) is 24.3 Å². The molecule has 0 saturated carbocycles. The Morgan fingerprint density at radius 2 is 2.00 bits per heavy atom. The van der Waals surface area contributed by atoms with Crippen molar-refractivity contribution in [2.75, 3.05) is 6.54 Å². The van der Waals surface area contributed by atoms with Crippen molar-refractivity contribution in [2.24, 2.45) is 5.73 Å². The molecule has 0 aliphatic heterocycles. The highest BCUT2D eigenvalue weighted by atomic mass is 19.3. The molecule has 3 N–H and O–H groups in total. The van der Waals surface area contributed by atoms with Crippen molar-refractivity contribution in [3.63, 3.8) is 0 Å². The third-order valence-corrected chi connectivity index (χ3v) is 2.43. The minimum absolute atomic E-state index is 0.138. The molecule has 1 aromatic carbocycles. The Balaban J connectivity index is 3.19. The molecule has 4 heteroatoms. The van der Waals surface area contributed by atoms with Crippen LogP contribution in [0.25, 0.3) is 0 Å². The van der Waals surface area contributed by atoms with Crippen molar-refractivity contribution < 1.29 is 13.9 Å². The molecule has 0 radical (unpaired) electrons. The predicted molar refractivity (Wildman–Crippen MR) is 50.5 cm³/mol. The van der Waals surface area contributed by atoms with Gasteiger partial charge in [0.25, 0.3) is 0 Å². The summed E-state index contributed by atoms with van der Waals surface area (Å²) >= 11 is 0. The van der Waals surface area contributed by atoms with Gasteiger partial charge in [-0.05, 0) is 13.0 Å². The molecule has 0 saturated heterocycles. The van der Waals surface area contributed by atoms with Gasteiger partial charge in [-0.25, -0.2) is 8.78 Å². The van der Waals surface area contributed by atoms with Crippen molar-refractivity contribution >= 4 is 0 Å². The normalized spacial score (nSPS) is 15.5. The molecule has 0 heterocycles. The van der Waals surface area contributed by atoms with Gasteiger partial charge in [-0.2, -0.15) is 0 Å². The van der Waals surface area contributed by atoms with E-state index >= 15 is 0 Å². The molecule has 0 spiro atoms. The minimum Gasteiger partial charge on any atom is -0.508 e. The van der Waals surface area contributed by atoms with E-state index in [2.05, 4.69) is 0 Å². The lowest BCUT2D eigenvalue weighted by atomic mass is 9.82. The van der Waals surface area contributed by atoms with Gasteiger partial charge in [-0.15, -0.1) is 0 Å². The summed E-state index contributed by atoms with van der Waals surface area (Å²) in [6.45, 7) is 1.13. The van der Waals surface area contributed by atoms with Crippen LogP contribution in [0.2, 0.25) is 0 Å². The first-order chi connectivity index (χ1) is 6.52. The van der Waals surface area contributed by atoms with Crippen molar-refractivity contribution in [1.82, 2.24) is 0 Å². The zero-order chi connectivity index (χ0) is 10.8. The topological polar surface area (TPSA) is 46.2 Å². The number of phenolic OH excluding ortho intramolecular Hbond substituents is 1. The second-order valence-corrected chi connectivity index (χ2v) is 3.44. The SMILES string of the molecule is CC(CN)(c1ccccc1O)C(F)F. The Labute approximate surface area is 81.4 Å². The number of alkyl halides is 2. The third kappa shape index (κ3) is 1.70. The van der Waals surface area contributed by atoms with Crippen LogP contribution in [0.3, 0.4) is 0 Å². The Morgan fingerprint density at radius 3 is 2.43 bits per heavy atom. The molecular formula is C10H13F2NO. The van der Waals surface area contributed by atoms with E-state index in [1.165, 1.54) is 19.1 Å². The fourth-order valence-electron chi connectivity index (χ4n) is 1.27. The average Bonchev–Trinajstić information content (AvgIpc) is 2.17. The molecule has 1 unspecified atom stereocenters. The molecular weight excluding hydrogens is 188 g/mol. The maximum atomic E-state index is 12.8. The summed E-state index contributed by atoms with van der Waals surface area (Å²) in [7, 11) is 0. The van der Waals surface area contributed by atoms with E-state index in [1.54, 1.807) is 12.1 Å². The number of aromatic hydroxyl groups is 1. The van der Waals surface area contributed by atoms with Gasteiger partial charge in [-0.1, -0.05) is 18.2 Å². The number of para-hydroxylation sites is 1. The highest BCUT2D eigenvalue weighted by Gasteiger charge is 2.37. The number of hydrogen-bond acceptors (Lipinski definition) is 2. The van der Waals surface area contributed by atoms with E-state index in [9.17, 15) is 13.9 Å². The maximum Gasteiger partial charge on any atom is 0.249 e. The third-order valence-electron chi connectivity index (χ3n) is 2.43. The maximum absolute atomic E-state index is 12.8. The van der Waals surface area contributed by atoms with Crippen molar-refractivity contribution in [3.8, 4) is 5.75 Å². The van der Waals surface area contributed by atoms with Crippen LogP contribution in [0.4, 0.5) is 8.78 Å². The molecule has 78 valence electrons. The summed E-state index contributed by atoms with van der Waals surface area (Å²) < 4.78 is 25.5. The summed E-state index contributed by atoms with van der Waals surface area (Å²) in [4.78, 5) is 0. The van der Waals surface area contributed by atoms with Crippen LogP contribution in [0.1, 0.15) is 12.5 Å². The summed E-state index contributed by atoms with van der Waals surface area (Å²) in [5, 5.41) is 9.44. The molecule has 2 nitrogen and oxygen atoms in total. The molecule has 0 aliphatic rings. The molecule has 0 amide bonds. The predicted octanol–water partition coefficient (Wildman–Crippen LogP) is 1.87. The lowest BCUT2D eigenvalue weighted by Crippen LogP contribution is -2.38. The number of halogens is 2. The fourth-order valence-corrected chi connectivity index (χ4v) is 1.27. The number of rotatable bonds is 3. The minimum atomic E-state index is -2.60. The van der Waals surface area contributed by atoms with Gasteiger partial charge in [-0.3, -0.25) is 0 Å². The Hall–Kier alpha value is -1.16. The van der Waals surface area contributed by atoms with Crippen LogP contribution in [-0.2, 0) is 5.41 Å². The number of nitrogens with two attached hydrogens (primary N) is 1. The lowest BCUT2D eigenvalue weighted by molar-refractivity contribution is 0.0623. The van der Waals surface area contributed by atoms with Crippen molar-refractivity contribution in [2.45, 2.75) is 18.8 Å². The zero-order valence-corrected chi connectivity index (χ0v) is 7.87. The molecule has 14 heavy (non-hydrogen) atoms. The van der Waals surface area contributed by atoms with Crippen LogP contribution < -0.4 is 5.73 Å². The quantitative estimate of drug-likeness (QED) is 0.784.